The van der Waals surface area contributed by atoms with E-state index in [2.05, 4.69) is 5.32 Å². The van der Waals surface area contributed by atoms with Crippen LogP contribution >= 0.6 is 11.8 Å². The van der Waals surface area contributed by atoms with Gasteiger partial charge >= 0.3 is 5.97 Å². The molecule has 20 heavy (non-hydrogen) atoms. The average molecular weight is 297 g/mol. The molecule has 0 aliphatic rings. The summed E-state index contributed by atoms with van der Waals surface area (Å²) in [5, 5.41) is 20.0. The normalized spacial score (nSPS) is 11.9. The van der Waals surface area contributed by atoms with Gasteiger partial charge in [0.2, 0.25) is 5.91 Å². The smallest absolute Gasteiger partial charge is 0.326 e. The first-order chi connectivity index (χ1) is 9.52. The Morgan fingerprint density at radius 1 is 1.30 bits per heavy atom. The fraction of sp³-hybridized carbons (Fsp3) is 0.429. The molecule has 6 heteroatoms. The van der Waals surface area contributed by atoms with Gasteiger partial charge in [-0.1, -0.05) is 17.7 Å². The molecule has 0 aromatic heterocycles. The number of benzene rings is 1. The van der Waals surface area contributed by atoms with Crippen LogP contribution in [0.25, 0.3) is 0 Å². The van der Waals surface area contributed by atoms with Crippen LogP contribution in [0.4, 0.5) is 0 Å². The van der Waals surface area contributed by atoms with Crippen LogP contribution in [-0.2, 0) is 9.59 Å². The number of nitrogens with one attached hydrogen (secondary N) is 1. The van der Waals surface area contributed by atoms with Crippen LogP contribution in [0, 0.1) is 6.92 Å². The molecule has 0 saturated heterocycles. The zero-order chi connectivity index (χ0) is 15.0. The molecule has 0 unspecified atom stereocenters. The number of carbonyl (C=O) groups excluding carboxylic acids is 1. The fourth-order valence-corrected chi connectivity index (χ4v) is 2.40. The Morgan fingerprint density at radius 2 is 1.95 bits per heavy atom. The summed E-state index contributed by atoms with van der Waals surface area (Å²) in [7, 11) is 0. The first-order valence-corrected chi connectivity index (χ1v) is 7.34. The summed E-state index contributed by atoms with van der Waals surface area (Å²) < 4.78 is 0. The lowest BCUT2D eigenvalue weighted by molar-refractivity contribution is -0.142. The Hall–Kier alpha value is -1.53. The zero-order valence-corrected chi connectivity index (χ0v) is 12.2. The highest BCUT2D eigenvalue weighted by Crippen LogP contribution is 2.18. The monoisotopic (exact) mass is 297 g/mol. The van der Waals surface area contributed by atoms with Crippen LogP contribution in [0.1, 0.15) is 18.4 Å². The number of aliphatic hydroxyl groups is 1. The Bertz CT molecular complexity index is 447. The molecule has 0 bridgehead atoms. The molecule has 1 aromatic rings. The molecule has 1 aromatic carbocycles. The van der Waals surface area contributed by atoms with Crippen molar-refractivity contribution in [1.82, 2.24) is 5.32 Å². The fourth-order valence-electron chi connectivity index (χ4n) is 1.55. The third-order valence-corrected chi connectivity index (χ3v) is 3.68. The average Bonchev–Trinajstić information content (AvgIpc) is 2.40. The number of aliphatic carboxylic acids is 1. The third kappa shape index (κ3) is 6.08. The lowest BCUT2D eigenvalue weighted by Crippen LogP contribution is -2.41. The number of amides is 1. The summed E-state index contributed by atoms with van der Waals surface area (Å²) in [4.78, 5) is 23.5. The molecule has 3 N–H and O–H groups in total. The van der Waals surface area contributed by atoms with Crippen molar-refractivity contribution in [1.29, 1.82) is 0 Å². The molecule has 0 aliphatic carbocycles. The highest BCUT2D eigenvalue weighted by molar-refractivity contribution is 7.99. The van der Waals surface area contributed by atoms with Crippen molar-refractivity contribution >= 4 is 23.6 Å². The number of aryl methyl sites for hydroxylation is 1. The minimum atomic E-state index is -1.13. The molecule has 0 aliphatic heterocycles. The largest absolute Gasteiger partial charge is 0.480 e. The summed E-state index contributed by atoms with van der Waals surface area (Å²) in [6.45, 7) is 1.74. The Labute approximate surface area is 122 Å². The first kappa shape index (κ1) is 16.5. The second kappa shape index (κ2) is 8.60. The van der Waals surface area contributed by atoms with Crippen molar-refractivity contribution in [2.75, 3.05) is 12.4 Å². The number of carboxylic acid groups (broad SMARTS) is 1. The van der Waals surface area contributed by atoms with Crippen molar-refractivity contribution in [3.63, 3.8) is 0 Å². The van der Waals surface area contributed by atoms with Crippen molar-refractivity contribution in [2.24, 2.45) is 0 Å². The van der Waals surface area contributed by atoms with Gasteiger partial charge in [0.25, 0.3) is 0 Å². The van der Waals surface area contributed by atoms with Crippen LogP contribution in [0.5, 0.6) is 0 Å². The molecule has 0 radical (unpaired) electrons. The minimum Gasteiger partial charge on any atom is -0.480 e. The highest BCUT2D eigenvalue weighted by atomic mass is 32.2. The number of hydrogen-bond acceptors (Lipinski definition) is 4. The number of hydrogen-bond donors (Lipinski definition) is 3. The van der Waals surface area contributed by atoms with Gasteiger partial charge in [0.05, 0.1) is 0 Å². The van der Waals surface area contributed by atoms with Crippen molar-refractivity contribution in [3.05, 3.63) is 29.8 Å². The van der Waals surface area contributed by atoms with E-state index < -0.39 is 12.0 Å². The number of rotatable bonds is 8. The molecule has 0 saturated carbocycles. The second-order valence-corrected chi connectivity index (χ2v) is 5.55. The van der Waals surface area contributed by atoms with Gasteiger partial charge in [0.15, 0.2) is 0 Å². The van der Waals surface area contributed by atoms with Gasteiger partial charge in [-0.05, 0) is 19.1 Å². The maximum absolute atomic E-state index is 11.6. The summed E-state index contributed by atoms with van der Waals surface area (Å²) in [5.74, 6) is -0.857. The number of thioether (sulfide) groups is 1. The van der Waals surface area contributed by atoms with E-state index in [1.807, 2.05) is 31.2 Å². The summed E-state index contributed by atoms with van der Waals surface area (Å²) >= 11 is 1.55. The second-order valence-electron chi connectivity index (χ2n) is 4.38. The molecule has 1 atom stereocenters. The molecule has 0 spiro atoms. The van der Waals surface area contributed by atoms with Gasteiger partial charge < -0.3 is 15.5 Å². The topological polar surface area (TPSA) is 86.6 Å². The number of aliphatic hydroxyl groups excluding tert-OH is 1. The van der Waals surface area contributed by atoms with Gasteiger partial charge in [-0.15, -0.1) is 11.8 Å². The lowest BCUT2D eigenvalue weighted by Gasteiger charge is -2.12. The molecule has 0 heterocycles. The SMILES string of the molecule is Cc1ccc(SCCC(=O)N[C@H](CCO)C(=O)O)cc1. The van der Waals surface area contributed by atoms with Gasteiger partial charge in [-0.3, -0.25) is 4.79 Å². The zero-order valence-electron chi connectivity index (χ0n) is 11.3. The molecule has 0 fully saturated rings. The van der Waals surface area contributed by atoms with E-state index in [9.17, 15) is 9.59 Å². The number of carboxylic acids is 1. The predicted octanol–water partition coefficient (Wildman–Crippen LogP) is 1.43. The number of carbonyl (C=O) groups is 2. The van der Waals surface area contributed by atoms with Crippen LogP contribution in [0.3, 0.4) is 0 Å². The Morgan fingerprint density at radius 3 is 2.50 bits per heavy atom. The van der Waals surface area contributed by atoms with Gasteiger partial charge in [0, 0.05) is 30.1 Å². The van der Waals surface area contributed by atoms with Crippen molar-refractivity contribution in [3.8, 4) is 0 Å². The molecular weight excluding hydrogens is 278 g/mol. The summed E-state index contributed by atoms with van der Waals surface area (Å²) in [6.07, 6.45) is 0.264. The van der Waals surface area contributed by atoms with Crippen molar-refractivity contribution in [2.45, 2.75) is 30.7 Å². The maximum Gasteiger partial charge on any atom is 0.326 e. The Kier molecular flexibility index (Phi) is 7.11. The molecular formula is C14H19NO4S. The van der Waals surface area contributed by atoms with E-state index in [1.165, 1.54) is 5.56 Å². The van der Waals surface area contributed by atoms with Crippen LogP contribution < -0.4 is 5.32 Å². The van der Waals surface area contributed by atoms with Gasteiger partial charge in [-0.2, -0.15) is 0 Å². The lowest BCUT2D eigenvalue weighted by atomic mass is 10.2. The molecule has 110 valence electrons. The first-order valence-electron chi connectivity index (χ1n) is 6.35. The molecule has 1 rings (SSSR count). The highest BCUT2D eigenvalue weighted by Gasteiger charge is 2.18. The minimum absolute atomic E-state index is 0.0200. The van der Waals surface area contributed by atoms with Crippen LogP contribution in [0.2, 0.25) is 0 Å². The summed E-state index contributed by atoms with van der Waals surface area (Å²) in [5.41, 5.74) is 1.18. The van der Waals surface area contributed by atoms with E-state index >= 15 is 0 Å². The van der Waals surface area contributed by atoms with E-state index in [1.54, 1.807) is 11.8 Å². The van der Waals surface area contributed by atoms with E-state index in [0.29, 0.717) is 5.75 Å². The van der Waals surface area contributed by atoms with E-state index in [0.717, 1.165) is 4.90 Å². The standard InChI is InChI=1S/C14H19NO4S/c1-10-2-4-11(5-3-10)20-9-7-13(17)15-12(6-8-16)14(18)19/h2-5,12,16H,6-9H2,1H3,(H,15,17)(H,18,19)/t12-/m1/s1. The van der Waals surface area contributed by atoms with Crippen LogP contribution in [0.15, 0.2) is 29.2 Å². The predicted molar refractivity (Wildman–Crippen MR) is 77.8 cm³/mol. The van der Waals surface area contributed by atoms with Gasteiger partial charge in [0.1, 0.15) is 6.04 Å². The molecule has 1 amide bonds. The molecule has 5 nitrogen and oxygen atoms in total. The van der Waals surface area contributed by atoms with Crippen LogP contribution in [-0.4, -0.2) is 40.5 Å². The summed E-state index contributed by atoms with van der Waals surface area (Å²) in [6, 6.07) is 6.97. The third-order valence-electron chi connectivity index (χ3n) is 2.67. The maximum atomic E-state index is 11.6. The Balaban J connectivity index is 2.32. The van der Waals surface area contributed by atoms with E-state index in [4.69, 9.17) is 10.2 Å². The van der Waals surface area contributed by atoms with Crippen molar-refractivity contribution < 1.29 is 19.8 Å². The quantitative estimate of drug-likeness (QED) is 0.632. The van der Waals surface area contributed by atoms with E-state index in [-0.39, 0.29) is 25.4 Å². The van der Waals surface area contributed by atoms with Gasteiger partial charge in [-0.25, -0.2) is 4.79 Å².